The van der Waals surface area contributed by atoms with E-state index < -0.39 is 11.8 Å². The molecule has 0 aromatic heterocycles. The van der Waals surface area contributed by atoms with E-state index >= 15 is 0 Å². The van der Waals surface area contributed by atoms with Gasteiger partial charge in [0, 0.05) is 12.1 Å². The van der Waals surface area contributed by atoms with Gasteiger partial charge in [-0.25, -0.2) is 0 Å². The number of carbonyl (C=O) groups is 2. The molecule has 0 fully saturated rings. The number of unbranched alkanes of at least 4 members (excludes halogenated alkanes) is 1. The van der Waals surface area contributed by atoms with Crippen LogP contribution < -0.4 is 9.47 Å². The van der Waals surface area contributed by atoms with Crippen LogP contribution in [0.2, 0.25) is 0 Å². The van der Waals surface area contributed by atoms with Gasteiger partial charge >= 0.3 is 0 Å². The summed E-state index contributed by atoms with van der Waals surface area (Å²) in [5.74, 6) is 0.314. The molecule has 0 unspecified atom stereocenters. The van der Waals surface area contributed by atoms with Gasteiger partial charge in [-0.2, -0.15) is 5.26 Å². The third kappa shape index (κ3) is 4.42. The van der Waals surface area contributed by atoms with Crippen LogP contribution in [0.3, 0.4) is 0 Å². The third-order valence-electron chi connectivity index (χ3n) is 4.48. The molecule has 6 heteroatoms. The number of likely N-dealkylation sites (N-methyl/N-ethyl adjacent to an activating group) is 1. The van der Waals surface area contributed by atoms with Crippen LogP contribution in [-0.4, -0.2) is 36.5 Å². The number of hydrogen-bond donors (Lipinski definition) is 0. The lowest BCUT2D eigenvalue weighted by atomic mass is 9.93. The van der Waals surface area contributed by atoms with Crippen molar-refractivity contribution in [3.63, 3.8) is 0 Å². The Morgan fingerprint density at radius 2 is 1.86 bits per heavy atom. The van der Waals surface area contributed by atoms with E-state index in [0.717, 1.165) is 23.3 Å². The second kappa shape index (κ2) is 9.75. The predicted octanol–water partition coefficient (Wildman–Crippen LogP) is 3.88. The van der Waals surface area contributed by atoms with Crippen molar-refractivity contribution in [2.45, 2.75) is 40.5 Å². The van der Waals surface area contributed by atoms with Crippen molar-refractivity contribution >= 4 is 17.9 Å². The second-order valence-electron chi connectivity index (χ2n) is 6.37. The van der Waals surface area contributed by atoms with Crippen molar-refractivity contribution in [1.29, 1.82) is 5.26 Å². The molecule has 148 valence electrons. The zero-order chi connectivity index (χ0) is 20.7. The lowest BCUT2D eigenvalue weighted by molar-refractivity contribution is -0.140. The van der Waals surface area contributed by atoms with E-state index in [1.807, 2.05) is 25.1 Å². The van der Waals surface area contributed by atoms with Crippen LogP contribution in [0.1, 0.15) is 46.1 Å². The highest BCUT2D eigenvalue weighted by Crippen LogP contribution is 2.32. The van der Waals surface area contributed by atoms with E-state index in [2.05, 4.69) is 6.92 Å². The van der Waals surface area contributed by atoms with Gasteiger partial charge in [0.1, 0.15) is 11.6 Å². The molecule has 1 aliphatic rings. The first-order chi connectivity index (χ1) is 13.5. The van der Waals surface area contributed by atoms with Gasteiger partial charge in [-0.3, -0.25) is 14.5 Å². The fraction of sp³-hybridized carbons (Fsp3) is 0.409. The fourth-order valence-electron chi connectivity index (χ4n) is 2.91. The average molecular weight is 382 g/mol. The topological polar surface area (TPSA) is 79.6 Å². The van der Waals surface area contributed by atoms with Crippen molar-refractivity contribution in [3.05, 3.63) is 40.5 Å². The molecule has 0 bridgehead atoms. The van der Waals surface area contributed by atoms with Gasteiger partial charge < -0.3 is 9.47 Å². The third-order valence-corrected chi connectivity index (χ3v) is 4.48. The molecule has 0 N–H and O–H groups in total. The summed E-state index contributed by atoms with van der Waals surface area (Å²) in [5, 5.41) is 9.34. The highest BCUT2D eigenvalue weighted by molar-refractivity contribution is 6.19. The van der Waals surface area contributed by atoms with E-state index in [1.165, 1.54) is 0 Å². The van der Waals surface area contributed by atoms with E-state index in [9.17, 15) is 14.9 Å². The molecule has 1 aromatic rings. The lowest BCUT2D eigenvalue weighted by Gasteiger charge is -2.26. The summed E-state index contributed by atoms with van der Waals surface area (Å²) >= 11 is 0. The summed E-state index contributed by atoms with van der Waals surface area (Å²) in [5.41, 5.74) is 1.46. The Labute approximate surface area is 166 Å². The van der Waals surface area contributed by atoms with E-state index in [-0.39, 0.29) is 12.1 Å². The summed E-state index contributed by atoms with van der Waals surface area (Å²) in [6.07, 6.45) is 3.67. The molecule has 1 aliphatic heterocycles. The molecule has 1 aromatic carbocycles. The van der Waals surface area contributed by atoms with Crippen molar-refractivity contribution in [1.82, 2.24) is 4.90 Å². The van der Waals surface area contributed by atoms with Gasteiger partial charge in [0.05, 0.1) is 13.2 Å². The molecule has 0 saturated carbocycles. The van der Waals surface area contributed by atoms with Crippen LogP contribution in [-0.2, 0) is 9.59 Å². The number of carbonyl (C=O) groups excluding carboxylic acids is 2. The number of rotatable bonds is 8. The Morgan fingerprint density at radius 3 is 2.46 bits per heavy atom. The Kier molecular flexibility index (Phi) is 7.39. The van der Waals surface area contributed by atoms with E-state index in [4.69, 9.17) is 9.47 Å². The number of nitrogens with zero attached hydrogens (tertiary/aromatic N) is 2. The summed E-state index contributed by atoms with van der Waals surface area (Å²) in [7, 11) is 0. The van der Waals surface area contributed by atoms with Crippen LogP contribution in [0.25, 0.3) is 6.08 Å². The molecule has 2 rings (SSSR count). The Balaban J connectivity index is 2.46. The van der Waals surface area contributed by atoms with Gasteiger partial charge in [-0.1, -0.05) is 19.4 Å². The molecule has 0 atom stereocenters. The molecule has 0 aliphatic carbocycles. The quantitative estimate of drug-likeness (QED) is 0.387. The van der Waals surface area contributed by atoms with E-state index in [0.29, 0.717) is 35.9 Å². The summed E-state index contributed by atoms with van der Waals surface area (Å²) in [6, 6.07) is 7.37. The molecule has 6 nitrogen and oxygen atoms in total. The Morgan fingerprint density at radius 1 is 1.11 bits per heavy atom. The predicted molar refractivity (Wildman–Crippen MR) is 107 cm³/mol. The monoisotopic (exact) mass is 382 g/mol. The highest BCUT2D eigenvalue weighted by atomic mass is 16.5. The van der Waals surface area contributed by atoms with Crippen LogP contribution in [0.15, 0.2) is 34.9 Å². The molecule has 0 saturated heterocycles. The van der Waals surface area contributed by atoms with Crippen molar-refractivity contribution in [3.8, 4) is 17.6 Å². The first kappa shape index (κ1) is 21.2. The smallest absolute Gasteiger partial charge is 0.271 e. The van der Waals surface area contributed by atoms with Crippen LogP contribution >= 0.6 is 0 Å². The van der Waals surface area contributed by atoms with Crippen molar-refractivity contribution < 1.29 is 19.1 Å². The summed E-state index contributed by atoms with van der Waals surface area (Å²) in [6.45, 7) is 8.62. The number of ether oxygens (including phenoxy) is 2. The number of benzene rings is 1. The number of nitriles is 1. The molecule has 0 radical (unpaired) electrons. The maximum Gasteiger partial charge on any atom is 0.271 e. The first-order valence-corrected chi connectivity index (χ1v) is 9.57. The van der Waals surface area contributed by atoms with E-state index in [1.54, 1.807) is 26.0 Å². The minimum atomic E-state index is -0.542. The average Bonchev–Trinajstić information content (AvgIpc) is 2.68. The Bertz CT molecular complexity index is 862. The Hall–Kier alpha value is -3.07. The first-order valence-electron chi connectivity index (χ1n) is 9.57. The summed E-state index contributed by atoms with van der Waals surface area (Å²) in [4.78, 5) is 26.1. The van der Waals surface area contributed by atoms with Gasteiger partial charge in [-0.05, 0) is 56.5 Å². The SMILES string of the molecule is CCCCOc1ccc(/C=C2/C(=O)N(CC)C(=O)C(C#N)=C2C)cc1OCC. The van der Waals surface area contributed by atoms with Gasteiger partial charge in [0.2, 0.25) is 0 Å². The second-order valence-corrected chi connectivity index (χ2v) is 6.37. The number of imide groups is 1. The minimum Gasteiger partial charge on any atom is -0.490 e. The maximum absolute atomic E-state index is 12.7. The molecular formula is C22H26N2O4. The highest BCUT2D eigenvalue weighted by Gasteiger charge is 2.34. The van der Waals surface area contributed by atoms with Gasteiger partial charge in [0.15, 0.2) is 11.5 Å². The minimum absolute atomic E-state index is 0.00255. The number of amides is 2. The molecule has 1 heterocycles. The fourth-order valence-corrected chi connectivity index (χ4v) is 2.91. The summed E-state index contributed by atoms with van der Waals surface area (Å²) < 4.78 is 11.5. The number of hydrogen-bond acceptors (Lipinski definition) is 5. The van der Waals surface area contributed by atoms with Crippen LogP contribution in [0.4, 0.5) is 0 Å². The van der Waals surface area contributed by atoms with Gasteiger partial charge in [-0.15, -0.1) is 0 Å². The standard InChI is InChI=1S/C22H26N2O4/c1-5-8-11-28-19-10-9-16(13-20(19)27-7-3)12-17-15(4)18(14-23)22(26)24(6-2)21(17)25/h9-10,12-13H,5-8,11H2,1-4H3/b17-12+. The van der Waals surface area contributed by atoms with Crippen molar-refractivity contribution in [2.24, 2.45) is 0 Å². The zero-order valence-corrected chi connectivity index (χ0v) is 16.9. The maximum atomic E-state index is 12.7. The normalized spacial score (nSPS) is 15.8. The molecule has 0 spiro atoms. The van der Waals surface area contributed by atoms with Crippen molar-refractivity contribution in [2.75, 3.05) is 19.8 Å². The molecule has 28 heavy (non-hydrogen) atoms. The molecule has 2 amide bonds. The zero-order valence-electron chi connectivity index (χ0n) is 16.9. The molecular weight excluding hydrogens is 356 g/mol. The lowest BCUT2D eigenvalue weighted by Crippen LogP contribution is -2.42. The van der Waals surface area contributed by atoms with Crippen LogP contribution in [0, 0.1) is 11.3 Å². The van der Waals surface area contributed by atoms with Gasteiger partial charge in [0.25, 0.3) is 11.8 Å². The van der Waals surface area contributed by atoms with Crippen LogP contribution in [0.5, 0.6) is 11.5 Å². The largest absolute Gasteiger partial charge is 0.490 e.